The number of aliphatic hydroxyl groups is 1. The molecule has 0 aliphatic carbocycles. The van der Waals surface area contributed by atoms with E-state index in [1.54, 1.807) is 4.90 Å². The maximum absolute atomic E-state index is 13.7. The number of rotatable bonds is 6. The van der Waals surface area contributed by atoms with Gasteiger partial charge >= 0.3 is 0 Å². The molecular formula is C21H23BrClNO3. The molecule has 1 N–H and O–H groups in total. The van der Waals surface area contributed by atoms with Gasteiger partial charge in [-0.05, 0) is 42.2 Å². The Morgan fingerprint density at radius 3 is 2.44 bits per heavy atom. The van der Waals surface area contributed by atoms with E-state index in [0.717, 1.165) is 15.6 Å². The molecule has 4 nitrogen and oxygen atoms in total. The second kappa shape index (κ2) is 9.20. The number of hydrogen-bond donors (Lipinski definition) is 1. The molecule has 1 aliphatic rings. The first-order valence-electron chi connectivity index (χ1n) is 9.04. The summed E-state index contributed by atoms with van der Waals surface area (Å²) < 4.78 is 6.50. The van der Waals surface area contributed by atoms with E-state index in [9.17, 15) is 9.90 Å². The van der Waals surface area contributed by atoms with E-state index in [1.807, 2.05) is 48.5 Å². The fourth-order valence-electron chi connectivity index (χ4n) is 3.62. The third kappa shape index (κ3) is 4.54. The highest BCUT2D eigenvalue weighted by molar-refractivity contribution is 9.10. The number of hydrogen-bond acceptors (Lipinski definition) is 3. The maximum Gasteiger partial charge on any atom is 0.233 e. The molecule has 1 aliphatic heterocycles. The Bertz CT molecular complexity index is 775. The molecule has 0 radical (unpaired) electrons. The van der Waals surface area contributed by atoms with E-state index in [4.69, 9.17) is 16.3 Å². The van der Waals surface area contributed by atoms with Crippen molar-refractivity contribution in [2.45, 2.75) is 24.8 Å². The van der Waals surface area contributed by atoms with Crippen LogP contribution in [0.3, 0.4) is 0 Å². The zero-order chi connectivity index (χ0) is 19.3. The number of ether oxygens (including phenoxy) is 1. The molecular weight excluding hydrogens is 430 g/mol. The molecule has 2 aromatic carbocycles. The van der Waals surface area contributed by atoms with Crippen molar-refractivity contribution in [1.82, 2.24) is 4.90 Å². The summed E-state index contributed by atoms with van der Waals surface area (Å²) in [6, 6.07) is 15.4. The molecule has 3 rings (SSSR count). The SMILES string of the molecule is O=C(N(CCO)Cc1ccccc1Br)C1(c2ccc(Cl)cc2)CCOCC1. The van der Waals surface area contributed by atoms with Gasteiger partial charge in [0.25, 0.3) is 0 Å². The Morgan fingerprint density at radius 1 is 1.15 bits per heavy atom. The maximum atomic E-state index is 13.7. The van der Waals surface area contributed by atoms with Crippen molar-refractivity contribution in [1.29, 1.82) is 0 Å². The average molecular weight is 453 g/mol. The van der Waals surface area contributed by atoms with Gasteiger partial charge in [0.1, 0.15) is 0 Å². The summed E-state index contributed by atoms with van der Waals surface area (Å²) in [5, 5.41) is 10.2. The second-order valence-corrected chi connectivity index (χ2v) is 8.03. The van der Waals surface area contributed by atoms with Crippen LogP contribution in [0.4, 0.5) is 0 Å². The lowest BCUT2D eigenvalue weighted by atomic mass is 9.73. The highest BCUT2D eigenvalue weighted by Gasteiger charge is 2.44. The number of benzene rings is 2. The summed E-state index contributed by atoms with van der Waals surface area (Å²) >= 11 is 9.61. The Morgan fingerprint density at radius 2 is 1.81 bits per heavy atom. The van der Waals surface area contributed by atoms with Crippen LogP contribution in [0.5, 0.6) is 0 Å². The number of nitrogens with zero attached hydrogens (tertiary/aromatic N) is 1. The molecule has 1 fully saturated rings. The van der Waals surface area contributed by atoms with Crippen LogP contribution in [0.15, 0.2) is 53.0 Å². The van der Waals surface area contributed by atoms with Gasteiger partial charge in [0.2, 0.25) is 5.91 Å². The highest BCUT2D eigenvalue weighted by atomic mass is 79.9. The number of carbonyl (C=O) groups is 1. The molecule has 1 amide bonds. The summed E-state index contributed by atoms with van der Waals surface area (Å²) in [5.41, 5.74) is 1.31. The molecule has 144 valence electrons. The van der Waals surface area contributed by atoms with Crippen LogP contribution in [0.1, 0.15) is 24.0 Å². The zero-order valence-corrected chi connectivity index (χ0v) is 17.4. The minimum absolute atomic E-state index is 0.0259. The van der Waals surface area contributed by atoms with E-state index in [-0.39, 0.29) is 19.1 Å². The van der Waals surface area contributed by atoms with E-state index in [1.165, 1.54) is 0 Å². The fourth-order valence-corrected chi connectivity index (χ4v) is 4.16. The van der Waals surface area contributed by atoms with Crippen LogP contribution in [-0.4, -0.2) is 42.3 Å². The second-order valence-electron chi connectivity index (χ2n) is 6.74. The number of aliphatic hydroxyl groups excluding tert-OH is 1. The smallest absolute Gasteiger partial charge is 0.233 e. The predicted molar refractivity (Wildman–Crippen MR) is 110 cm³/mol. The quantitative estimate of drug-likeness (QED) is 0.715. The predicted octanol–water partition coefficient (Wildman–Crippen LogP) is 4.17. The molecule has 1 saturated heterocycles. The van der Waals surface area contributed by atoms with E-state index < -0.39 is 5.41 Å². The number of amides is 1. The molecule has 2 aromatic rings. The first kappa shape index (κ1) is 20.3. The summed E-state index contributed by atoms with van der Waals surface area (Å²) in [4.78, 5) is 15.5. The van der Waals surface area contributed by atoms with E-state index in [2.05, 4.69) is 15.9 Å². The Kier molecular flexibility index (Phi) is 6.93. The van der Waals surface area contributed by atoms with Crippen molar-refractivity contribution < 1.29 is 14.6 Å². The summed E-state index contributed by atoms with van der Waals surface area (Å²) in [6.07, 6.45) is 1.23. The van der Waals surface area contributed by atoms with Crippen LogP contribution in [0.25, 0.3) is 0 Å². The topological polar surface area (TPSA) is 49.8 Å². The molecule has 1 heterocycles. The minimum atomic E-state index is -0.654. The van der Waals surface area contributed by atoms with Gasteiger partial charge < -0.3 is 14.7 Å². The Balaban J connectivity index is 1.95. The third-order valence-corrected chi connectivity index (χ3v) is 6.15. The normalized spacial score (nSPS) is 16.1. The van der Waals surface area contributed by atoms with Gasteiger partial charge in [-0.3, -0.25) is 4.79 Å². The van der Waals surface area contributed by atoms with Gasteiger partial charge in [-0.2, -0.15) is 0 Å². The van der Waals surface area contributed by atoms with Crippen LogP contribution in [0, 0.1) is 0 Å². The molecule has 0 bridgehead atoms. The first-order valence-corrected chi connectivity index (χ1v) is 10.2. The third-order valence-electron chi connectivity index (χ3n) is 5.13. The standard InChI is InChI=1S/C21H23BrClNO3/c22-19-4-2-1-3-16(19)15-24(11-12-25)20(26)21(9-13-27-14-10-21)17-5-7-18(23)8-6-17/h1-8,25H,9-15H2. The lowest BCUT2D eigenvalue weighted by Gasteiger charge is -2.40. The van der Waals surface area contributed by atoms with Crippen molar-refractivity contribution in [3.8, 4) is 0 Å². The van der Waals surface area contributed by atoms with Crippen LogP contribution in [0.2, 0.25) is 5.02 Å². The first-order chi connectivity index (χ1) is 13.1. The minimum Gasteiger partial charge on any atom is -0.395 e. The van der Waals surface area contributed by atoms with Crippen molar-refractivity contribution in [3.63, 3.8) is 0 Å². The molecule has 0 unspecified atom stereocenters. The monoisotopic (exact) mass is 451 g/mol. The van der Waals surface area contributed by atoms with Gasteiger partial charge in [-0.1, -0.05) is 57.9 Å². The van der Waals surface area contributed by atoms with E-state index in [0.29, 0.717) is 37.6 Å². The van der Waals surface area contributed by atoms with Gasteiger partial charge in [-0.15, -0.1) is 0 Å². The van der Waals surface area contributed by atoms with Crippen molar-refractivity contribution in [2.75, 3.05) is 26.4 Å². The lowest BCUT2D eigenvalue weighted by Crippen LogP contribution is -2.50. The fraction of sp³-hybridized carbons (Fsp3) is 0.381. The van der Waals surface area contributed by atoms with Gasteiger partial charge in [0.15, 0.2) is 0 Å². The largest absolute Gasteiger partial charge is 0.395 e. The van der Waals surface area contributed by atoms with Gasteiger partial charge in [0.05, 0.1) is 12.0 Å². The van der Waals surface area contributed by atoms with Crippen LogP contribution in [-0.2, 0) is 21.5 Å². The highest BCUT2D eigenvalue weighted by Crippen LogP contribution is 2.38. The Labute approximate surface area is 173 Å². The molecule has 0 aromatic heterocycles. The molecule has 0 saturated carbocycles. The summed E-state index contributed by atoms with van der Waals surface area (Å²) in [6.45, 7) is 1.73. The molecule has 0 atom stereocenters. The van der Waals surface area contributed by atoms with E-state index >= 15 is 0 Å². The van der Waals surface area contributed by atoms with Crippen LogP contribution < -0.4 is 0 Å². The summed E-state index contributed by atoms with van der Waals surface area (Å²) in [5.74, 6) is 0.0259. The molecule has 27 heavy (non-hydrogen) atoms. The van der Waals surface area contributed by atoms with Crippen molar-refractivity contribution >= 4 is 33.4 Å². The molecule has 6 heteroatoms. The lowest BCUT2D eigenvalue weighted by molar-refractivity contribution is -0.142. The average Bonchev–Trinajstić information content (AvgIpc) is 2.69. The zero-order valence-electron chi connectivity index (χ0n) is 15.0. The number of carbonyl (C=O) groups excluding carboxylic acids is 1. The van der Waals surface area contributed by atoms with Crippen LogP contribution >= 0.6 is 27.5 Å². The van der Waals surface area contributed by atoms with Gasteiger partial charge in [-0.25, -0.2) is 0 Å². The van der Waals surface area contributed by atoms with Crippen molar-refractivity contribution in [3.05, 3.63) is 69.2 Å². The number of halogens is 2. The Hall–Kier alpha value is -1.40. The van der Waals surface area contributed by atoms with Gasteiger partial charge in [0, 0.05) is 35.8 Å². The van der Waals surface area contributed by atoms with Crippen molar-refractivity contribution in [2.24, 2.45) is 0 Å². The molecule has 0 spiro atoms. The summed E-state index contributed by atoms with van der Waals surface area (Å²) in [7, 11) is 0.